The highest BCUT2D eigenvalue weighted by atomic mass is 32.2. The summed E-state index contributed by atoms with van der Waals surface area (Å²) in [5.41, 5.74) is 0. The van der Waals surface area contributed by atoms with E-state index in [1.54, 1.807) is 7.05 Å². The lowest BCUT2D eigenvalue weighted by Crippen LogP contribution is -2.53. The van der Waals surface area contributed by atoms with Crippen molar-refractivity contribution in [2.75, 3.05) is 26.4 Å². The maximum absolute atomic E-state index is 12.4. The zero-order valence-electron chi connectivity index (χ0n) is 14.6. The second-order valence-electron chi connectivity index (χ2n) is 7.07. The maximum Gasteiger partial charge on any atom is 0.237 e. The van der Waals surface area contributed by atoms with Crippen molar-refractivity contribution < 1.29 is 13.2 Å². The Morgan fingerprint density at radius 1 is 1.13 bits per heavy atom. The lowest BCUT2D eigenvalue weighted by molar-refractivity contribution is -0.127. The van der Waals surface area contributed by atoms with Gasteiger partial charge in [0.05, 0.1) is 12.3 Å². The van der Waals surface area contributed by atoms with E-state index in [1.807, 2.05) is 6.92 Å². The molecule has 1 atom stereocenters. The smallest absolute Gasteiger partial charge is 0.237 e. The van der Waals surface area contributed by atoms with E-state index >= 15 is 0 Å². The number of nitrogens with one attached hydrogen (secondary N) is 1. The normalized spacial score (nSPS) is 23.8. The number of piperidine rings is 1. The van der Waals surface area contributed by atoms with Crippen LogP contribution in [-0.4, -0.2) is 68.0 Å². The summed E-state index contributed by atoms with van der Waals surface area (Å²) in [6.45, 7) is 3.49. The van der Waals surface area contributed by atoms with Crippen molar-refractivity contribution >= 4 is 15.9 Å². The third kappa shape index (κ3) is 5.16. The summed E-state index contributed by atoms with van der Waals surface area (Å²) in [6, 6.07) is 0.254. The Morgan fingerprint density at radius 2 is 1.70 bits per heavy atom. The molecule has 6 nitrogen and oxygen atoms in total. The fourth-order valence-electron chi connectivity index (χ4n) is 3.64. The van der Waals surface area contributed by atoms with Gasteiger partial charge < -0.3 is 5.32 Å². The standard InChI is InChI=1S/C16H31N3O3S/c1-13(16(20)17-14-7-5-4-6-8-14)19-11-9-15(10-12-19)18(2)23(3,21)22/h13-15H,4-12H2,1-3H3,(H,17,20). The largest absolute Gasteiger partial charge is 0.352 e. The van der Waals surface area contributed by atoms with Gasteiger partial charge in [0.2, 0.25) is 15.9 Å². The molecule has 1 heterocycles. The van der Waals surface area contributed by atoms with Crippen LogP contribution in [0.5, 0.6) is 0 Å². The molecule has 0 aromatic carbocycles. The number of amides is 1. The summed E-state index contributed by atoms with van der Waals surface area (Å²) in [5, 5.41) is 3.19. The van der Waals surface area contributed by atoms with Crippen LogP contribution in [0.25, 0.3) is 0 Å². The first-order valence-corrected chi connectivity index (χ1v) is 10.6. The van der Waals surface area contributed by atoms with Crippen LogP contribution in [0.4, 0.5) is 0 Å². The fraction of sp³-hybridized carbons (Fsp3) is 0.938. The van der Waals surface area contributed by atoms with Gasteiger partial charge in [-0.15, -0.1) is 0 Å². The molecule has 2 fully saturated rings. The molecular weight excluding hydrogens is 314 g/mol. The van der Waals surface area contributed by atoms with Gasteiger partial charge in [-0.05, 0) is 32.6 Å². The van der Waals surface area contributed by atoms with E-state index < -0.39 is 10.0 Å². The van der Waals surface area contributed by atoms with Gasteiger partial charge in [0.15, 0.2) is 0 Å². The minimum atomic E-state index is -3.14. The summed E-state index contributed by atoms with van der Waals surface area (Å²) in [4.78, 5) is 14.6. The molecule has 134 valence electrons. The van der Waals surface area contributed by atoms with Crippen LogP contribution in [0.3, 0.4) is 0 Å². The molecule has 1 saturated heterocycles. The molecule has 1 N–H and O–H groups in total. The second kappa shape index (κ2) is 7.94. The number of sulfonamides is 1. The van der Waals surface area contributed by atoms with Crippen molar-refractivity contribution in [2.24, 2.45) is 0 Å². The van der Waals surface area contributed by atoms with E-state index in [0.29, 0.717) is 6.04 Å². The molecule has 0 aromatic heterocycles. The van der Waals surface area contributed by atoms with Crippen molar-refractivity contribution in [2.45, 2.75) is 70.0 Å². The third-order valence-electron chi connectivity index (χ3n) is 5.42. The molecular formula is C16H31N3O3S. The zero-order chi connectivity index (χ0) is 17.0. The fourth-order valence-corrected chi connectivity index (χ4v) is 4.39. The molecule has 1 unspecified atom stereocenters. The average molecular weight is 346 g/mol. The number of nitrogens with zero attached hydrogens (tertiary/aromatic N) is 2. The topological polar surface area (TPSA) is 69.7 Å². The lowest BCUT2D eigenvalue weighted by Gasteiger charge is -2.38. The highest BCUT2D eigenvalue weighted by Gasteiger charge is 2.31. The van der Waals surface area contributed by atoms with Crippen LogP contribution in [-0.2, 0) is 14.8 Å². The number of likely N-dealkylation sites (tertiary alicyclic amines) is 1. The first-order valence-electron chi connectivity index (χ1n) is 8.76. The number of hydrogen-bond acceptors (Lipinski definition) is 4. The molecule has 0 bridgehead atoms. The third-order valence-corrected chi connectivity index (χ3v) is 6.76. The average Bonchev–Trinajstić information content (AvgIpc) is 2.53. The Kier molecular flexibility index (Phi) is 6.45. The first kappa shape index (κ1) is 18.7. The van der Waals surface area contributed by atoms with Crippen molar-refractivity contribution in [3.63, 3.8) is 0 Å². The summed E-state index contributed by atoms with van der Waals surface area (Å²) < 4.78 is 24.7. The Morgan fingerprint density at radius 3 is 2.22 bits per heavy atom. The summed E-state index contributed by atoms with van der Waals surface area (Å²) in [6.07, 6.45) is 8.71. The van der Waals surface area contributed by atoms with E-state index in [0.717, 1.165) is 38.8 Å². The van der Waals surface area contributed by atoms with Gasteiger partial charge in [-0.2, -0.15) is 0 Å². The van der Waals surface area contributed by atoms with Crippen LogP contribution in [0.1, 0.15) is 51.9 Å². The van der Waals surface area contributed by atoms with Gasteiger partial charge >= 0.3 is 0 Å². The molecule has 1 aliphatic heterocycles. The Labute approximate surface area is 140 Å². The van der Waals surface area contributed by atoms with Crippen molar-refractivity contribution in [3.8, 4) is 0 Å². The van der Waals surface area contributed by atoms with Crippen molar-refractivity contribution in [3.05, 3.63) is 0 Å². The number of rotatable bonds is 5. The molecule has 1 aliphatic carbocycles. The van der Waals surface area contributed by atoms with Crippen LogP contribution >= 0.6 is 0 Å². The van der Waals surface area contributed by atoms with Crippen LogP contribution < -0.4 is 5.32 Å². The van der Waals surface area contributed by atoms with Gasteiger partial charge in [0, 0.05) is 32.2 Å². The number of carbonyl (C=O) groups excluding carboxylic acids is 1. The summed E-state index contributed by atoms with van der Waals surface area (Å²) in [5.74, 6) is 0.117. The highest BCUT2D eigenvalue weighted by Crippen LogP contribution is 2.20. The molecule has 0 spiro atoms. The van der Waals surface area contributed by atoms with Gasteiger partial charge in [-0.1, -0.05) is 19.3 Å². The van der Waals surface area contributed by atoms with Crippen LogP contribution in [0.15, 0.2) is 0 Å². The van der Waals surface area contributed by atoms with Crippen molar-refractivity contribution in [1.29, 1.82) is 0 Å². The number of carbonyl (C=O) groups is 1. The molecule has 2 rings (SSSR count). The molecule has 23 heavy (non-hydrogen) atoms. The number of hydrogen-bond donors (Lipinski definition) is 1. The minimum Gasteiger partial charge on any atom is -0.352 e. The SMILES string of the molecule is CC(C(=O)NC1CCCCC1)N1CCC(N(C)S(C)(=O)=O)CC1. The quantitative estimate of drug-likeness (QED) is 0.812. The van der Waals surface area contributed by atoms with E-state index in [9.17, 15) is 13.2 Å². The zero-order valence-corrected chi connectivity index (χ0v) is 15.4. The van der Waals surface area contributed by atoms with Crippen LogP contribution in [0, 0.1) is 0 Å². The first-order chi connectivity index (χ1) is 10.8. The second-order valence-corrected chi connectivity index (χ2v) is 9.11. The highest BCUT2D eigenvalue weighted by molar-refractivity contribution is 7.88. The molecule has 2 aliphatic rings. The molecule has 7 heteroatoms. The Balaban J connectivity index is 1.80. The predicted octanol–water partition coefficient (Wildman–Crippen LogP) is 1.18. The monoisotopic (exact) mass is 345 g/mol. The summed E-state index contributed by atoms with van der Waals surface area (Å²) in [7, 11) is -1.49. The van der Waals surface area contributed by atoms with Crippen molar-refractivity contribution in [1.82, 2.24) is 14.5 Å². The Bertz CT molecular complexity index is 495. The molecule has 0 aromatic rings. The van der Waals surface area contributed by atoms with E-state index in [-0.39, 0.29) is 18.0 Å². The molecule has 0 radical (unpaired) electrons. The predicted molar refractivity (Wildman–Crippen MR) is 91.7 cm³/mol. The minimum absolute atomic E-state index is 0.0508. The van der Waals surface area contributed by atoms with Gasteiger partial charge in [-0.3, -0.25) is 9.69 Å². The summed E-state index contributed by atoms with van der Waals surface area (Å²) >= 11 is 0. The Hall–Kier alpha value is -0.660. The van der Waals surface area contributed by atoms with Gasteiger partial charge in [0.25, 0.3) is 0 Å². The lowest BCUT2D eigenvalue weighted by atomic mass is 9.95. The van der Waals surface area contributed by atoms with Crippen LogP contribution in [0.2, 0.25) is 0 Å². The van der Waals surface area contributed by atoms with E-state index in [2.05, 4.69) is 10.2 Å². The molecule has 1 saturated carbocycles. The molecule has 1 amide bonds. The van der Waals surface area contributed by atoms with Gasteiger partial charge in [-0.25, -0.2) is 12.7 Å². The maximum atomic E-state index is 12.4. The van der Waals surface area contributed by atoms with Gasteiger partial charge in [0.1, 0.15) is 0 Å². The van der Waals surface area contributed by atoms with E-state index in [4.69, 9.17) is 0 Å². The van der Waals surface area contributed by atoms with E-state index in [1.165, 1.54) is 29.8 Å².